The van der Waals surface area contributed by atoms with Gasteiger partial charge < -0.3 is 9.47 Å². The van der Waals surface area contributed by atoms with Gasteiger partial charge in [0.2, 0.25) is 0 Å². The summed E-state index contributed by atoms with van der Waals surface area (Å²) < 4.78 is 10.6. The Balaban J connectivity index is 2.13. The van der Waals surface area contributed by atoms with Crippen LogP contribution in [0.25, 0.3) is 0 Å². The molecule has 98 valence electrons. The minimum atomic E-state index is 0.400. The molecular weight excluding hydrogens is 226 g/mol. The van der Waals surface area contributed by atoms with Crippen LogP contribution in [0, 0.1) is 0 Å². The van der Waals surface area contributed by atoms with Crippen LogP contribution in [0.15, 0.2) is 36.9 Å². The van der Waals surface area contributed by atoms with E-state index in [0.29, 0.717) is 6.04 Å². The molecule has 3 nitrogen and oxygen atoms in total. The standard InChI is InChI=1S/C15H21NO2/c1-3-4-15(16-9-11-18-12-10-16)13-5-7-14(17-2)8-6-13/h3,5-8,15H,1,4,9-12H2,2H3. The number of nitrogens with zero attached hydrogens (tertiary/aromatic N) is 1. The van der Waals surface area contributed by atoms with E-state index in [1.54, 1.807) is 7.11 Å². The summed E-state index contributed by atoms with van der Waals surface area (Å²) in [6, 6.07) is 8.72. The van der Waals surface area contributed by atoms with Crippen molar-refractivity contribution < 1.29 is 9.47 Å². The van der Waals surface area contributed by atoms with E-state index in [0.717, 1.165) is 38.5 Å². The predicted octanol–water partition coefficient (Wildman–Crippen LogP) is 2.64. The van der Waals surface area contributed by atoms with Gasteiger partial charge in [-0.05, 0) is 24.1 Å². The minimum Gasteiger partial charge on any atom is -0.497 e. The van der Waals surface area contributed by atoms with Crippen LogP contribution < -0.4 is 4.74 Å². The SMILES string of the molecule is C=CCC(c1ccc(OC)cc1)N1CCOCC1. The summed E-state index contributed by atoms with van der Waals surface area (Å²) in [4.78, 5) is 2.47. The van der Waals surface area contributed by atoms with Crippen LogP contribution in [-0.4, -0.2) is 38.3 Å². The molecule has 1 heterocycles. The molecule has 18 heavy (non-hydrogen) atoms. The third-order valence-corrected chi connectivity index (χ3v) is 3.38. The Hall–Kier alpha value is -1.32. The van der Waals surface area contributed by atoms with E-state index >= 15 is 0 Å². The molecule has 0 bridgehead atoms. The fourth-order valence-electron chi connectivity index (χ4n) is 2.37. The Bertz CT molecular complexity index is 369. The van der Waals surface area contributed by atoms with Crippen molar-refractivity contribution in [1.29, 1.82) is 0 Å². The molecule has 0 aliphatic carbocycles. The summed E-state index contributed by atoms with van der Waals surface area (Å²) >= 11 is 0. The van der Waals surface area contributed by atoms with Gasteiger partial charge in [-0.15, -0.1) is 6.58 Å². The lowest BCUT2D eigenvalue weighted by molar-refractivity contribution is 0.0166. The van der Waals surface area contributed by atoms with Crippen LogP contribution in [0.3, 0.4) is 0 Å². The van der Waals surface area contributed by atoms with Crippen LogP contribution in [0.4, 0.5) is 0 Å². The minimum absolute atomic E-state index is 0.400. The van der Waals surface area contributed by atoms with E-state index in [2.05, 4.69) is 23.6 Å². The number of hydrogen-bond donors (Lipinski definition) is 0. The van der Waals surface area contributed by atoms with Crippen molar-refractivity contribution in [3.63, 3.8) is 0 Å². The molecule has 0 amide bonds. The van der Waals surface area contributed by atoms with Gasteiger partial charge in [0, 0.05) is 19.1 Å². The van der Waals surface area contributed by atoms with Crippen molar-refractivity contribution in [3.05, 3.63) is 42.5 Å². The van der Waals surface area contributed by atoms with E-state index in [1.807, 2.05) is 18.2 Å². The second-order valence-electron chi connectivity index (χ2n) is 4.46. The number of methoxy groups -OCH3 is 1. The Kier molecular flexibility index (Phi) is 4.79. The molecule has 1 unspecified atom stereocenters. The summed E-state index contributed by atoms with van der Waals surface area (Å²) in [5.41, 5.74) is 1.32. The molecule has 0 spiro atoms. The van der Waals surface area contributed by atoms with Crippen LogP contribution in [0.2, 0.25) is 0 Å². The Morgan fingerprint density at radius 2 is 2.00 bits per heavy atom. The maximum atomic E-state index is 5.41. The molecule has 1 aromatic carbocycles. The fraction of sp³-hybridized carbons (Fsp3) is 0.467. The van der Waals surface area contributed by atoms with Crippen molar-refractivity contribution in [2.24, 2.45) is 0 Å². The molecule has 0 radical (unpaired) electrons. The first-order valence-corrected chi connectivity index (χ1v) is 6.42. The molecular formula is C15H21NO2. The monoisotopic (exact) mass is 247 g/mol. The highest BCUT2D eigenvalue weighted by Gasteiger charge is 2.21. The lowest BCUT2D eigenvalue weighted by atomic mass is 10.0. The van der Waals surface area contributed by atoms with Crippen molar-refractivity contribution in [2.75, 3.05) is 33.4 Å². The predicted molar refractivity (Wildman–Crippen MR) is 72.9 cm³/mol. The maximum Gasteiger partial charge on any atom is 0.118 e. The van der Waals surface area contributed by atoms with Gasteiger partial charge in [0.15, 0.2) is 0 Å². The quantitative estimate of drug-likeness (QED) is 0.747. The summed E-state index contributed by atoms with van der Waals surface area (Å²) in [6.07, 6.45) is 2.96. The molecule has 0 aromatic heterocycles. The van der Waals surface area contributed by atoms with Crippen molar-refractivity contribution in [1.82, 2.24) is 4.90 Å². The second-order valence-corrected chi connectivity index (χ2v) is 4.46. The highest BCUT2D eigenvalue weighted by atomic mass is 16.5. The summed E-state index contributed by atoms with van der Waals surface area (Å²) in [5.74, 6) is 0.901. The number of benzene rings is 1. The van der Waals surface area contributed by atoms with Crippen molar-refractivity contribution in [2.45, 2.75) is 12.5 Å². The fourth-order valence-corrected chi connectivity index (χ4v) is 2.37. The third-order valence-electron chi connectivity index (χ3n) is 3.38. The first-order chi connectivity index (χ1) is 8.85. The average molecular weight is 247 g/mol. The Morgan fingerprint density at radius 1 is 1.33 bits per heavy atom. The smallest absolute Gasteiger partial charge is 0.118 e. The number of rotatable bonds is 5. The van der Waals surface area contributed by atoms with Gasteiger partial charge in [-0.3, -0.25) is 4.90 Å². The van der Waals surface area contributed by atoms with Gasteiger partial charge in [-0.1, -0.05) is 18.2 Å². The topological polar surface area (TPSA) is 21.7 Å². The summed E-state index contributed by atoms with van der Waals surface area (Å²) in [6.45, 7) is 7.50. The highest BCUT2D eigenvalue weighted by Crippen LogP contribution is 2.27. The first-order valence-electron chi connectivity index (χ1n) is 6.42. The zero-order valence-corrected chi connectivity index (χ0v) is 11.0. The normalized spacial score (nSPS) is 18.3. The highest BCUT2D eigenvalue weighted by molar-refractivity contribution is 5.29. The molecule has 1 saturated heterocycles. The van der Waals surface area contributed by atoms with Gasteiger partial charge in [0.25, 0.3) is 0 Å². The van der Waals surface area contributed by atoms with E-state index in [9.17, 15) is 0 Å². The average Bonchev–Trinajstić information content (AvgIpc) is 2.46. The number of ether oxygens (including phenoxy) is 2. The van der Waals surface area contributed by atoms with E-state index < -0.39 is 0 Å². The molecule has 1 atom stereocenters. The molecule has 1 aliphatic rings. The van der Waals surface area contributed by atoms with Crippen LogP contribution in [0.5, 0.6) is 5.75 Å². The van der Waals surface area contributed by atoms with Gasteiger partial charge in [0.1, 0.15) is 5.75 Å². The van der Waals surface area contributed by atoms with Crippen LogP contribution in [-0.2, 0) is 4.74 Å². The van der Waals surface area contributed by atoms with E-state index in [4.69, 9.17) is 9.47 Å². The van der Waals surface area contributed by atoms with Gasteiger partial charge >= 0.3 is 0 Å². The molecule has 0 N–H and O–H groups in total. The lowest BCUT2D eigenvalue weighted by Gasteiger charge is -2.34. The maximum absolute atomic E-state index is 5.41. The van der Waals surface area contributed by atoms with Gasteiger partial charge in [-0.2, -0.15) is 0 Å². The molecule has 3 heteroatoms. The zero-order chi connectivity index (χ0) is 12.8. The van der Waals surface area contributed by atoms with Gasteiger partial charge in [0.05, 0.1) is 20.3 Å². The van der Waals surface area contributed by atoms with E-state index in [-0.39, 0.29) is 0 Å². The van der Waals surface area contributed by atoms with Crippen molar-refractivity contribution >= 4 is 0 Å². The van der Waals surface area contributed by atoms with E-state index in [1.165, 1.54) is 5.56 Å². The third kappa shape index (κ3) is 3.12. The summed E-state index contributed by atoms with van der Waals surface area (Å²) in [5, 5.41) is 0. The Morgan fingerprint density at radius 3 is 2.56 bits per heavy atom. The largest absolute Gasteiger partial charge is 0.497 e. The van der Waals surface area contributed by atoms with Crippen LogP contribution >= 0.6 is 0 Å². The molecule has 1 aliphatic heterocycles. The van der Waals surface area contributed by atoms with Crippen molar-refractivity contribution in [3.8, 4) is 5.75 Å². The second kappa shape index (κ2) is 6.57. The summed E-state index contributed by atoms with van der Waals surface area (Å²) in [7, 11) is 1.69. The number of morpholine rings is 1. The first kappa shape index (κ1) is 13.1. The van der Waals surface area contributed by atoms with Crippen LogP contribution in [0.1, 0.15) is 18.0 Å². The molecule has 1 aromatic rings. The Labute approximate surface area is 109 Å². The molecule has 2 rings (SSSR count). The lowest BCUT2D eigenvalue weighted by Crippen LogP contribution is -2.38. The number of hydrogen-bond acceptors (Lipinski definition) is 3. The van der Waals surface area contributed by atoms with Gasteiger partial charge in [-0.25, -0.2) is 0 Å². The zero-order valence-electron chi connectivity index (χ0n) is 11.0. The molecule has 0 saturated carbocycles. The molecule has 1 fully saturated rings.